The van der Waals surface area contributed by atoms with Gasteiger partial charge < -0.3 is 15.1 Å². The molecule has 41 heavy (non-hydrogen) atoms. The standard InChI is InChI=1S/C34H46N4O3/c1-4-21-38(33(40)35-27(3)28-13-7-5-8-14-28)31-19-22-37(23-20-31)41-34(30-17-9-6-10-18-30)25-36(24-26(34)2)32(39)29-15-11-12-16-29/h4-10,13-14,17-18,26-27,29,31H,1,11-12,15-16,19-25H2,2-3H3,(H,35,40)/t26-,27+,34+/m0/s1. The summed E-state index contributed by atoms with van der Waals surface area (Å²) in [6.07, 6.45) is 7.75. The Bertz CT molecular complexity index is 1160. The quantitative estimate of drug-likeness (QED) is 0.389. The minimum Gasteiger partial charge on any atom is -0.339 e. The summed E-state index contributed by atoms with van der Waals surface area (Å²) < 4.78 is 0. The SMILES string of the molecule is C=CCN(C(=O)N[C@H](C)c1ccccc1)C1CCN(O[C@]2(c3ccccc3)CN(C(=O)C3CCCC3)C[C@@H]2C)CC1. The molecule has 7 heteroatoms. The molecule has 0 spiro atoms. The molecular weight excluding hydrogens is 512 g/mol. The maximum atomic E-state index is 13.4. The molecule has 0 bridgehead atoms. The molecule has 5 rings (SSSR count). The van der Waals surface area contributed by atoms with Gasteiger partial charge in [-0.1, -0.05) is 86.5 Å². The summed E-state index contributed by atoms with van der Waals surface area (Å²) >= 11 is 0. The third-order valence-electron chi connectivity index (χ3n) is 9.38. The summed E-state index contributed by atoms with van der Waals surface area (Å²) in [6.45, 7) is 11.4. The summed E-state index contributed by atoms with van der Waals surface area (Å²) in [5.41, 5.74) is 1.63. The highest BCUT2D eigenvalue weighted by Gasteiger charge is 2.51. The van der Waals surface area contributed by atoms with E-state index in [-0.39, 0.29) is 30.0 Å². The number of nitrogens with one attached hydrogen (secondary N) is 1. The fraction of sp³-hybridized carbons (Fsp3) is 0.529. The first-order chi connectivity index (χ1) is 19.9. The molecule has 2 saturated heterocycles. The van der Waals surface area contributed by atoms with Crippen molar-refractivity contribution in [3.63, 3.8) is 0 Å². The number of hydroxylamine groups is 2. The van der Waals surface area contributed by atoms with Crippen LogP contribution in [0.2, 0.25) is 0 Å². The first kappa shape index (κ1) is 29.3. The summed E-state index contributed by atoms with van der Waals surface area (Å²) in [6, 6.07) is 20.4. The number of likely N-dealkylation sites (tertiary alicyclic amines) is 1. The predicted molar refractivity (Wildman–Crippen MR) is 162 cm³/mol. The molecule has 2 heterocycles. The molecule has 2 aliphatic heterocycles. The van der Waals surface area contributed by atoms with Crippen LogP contribution in [0.5, 0.6) is 0 Å². The lowest BCUT2D eigenvalue weighted by molar-refractivity contribution is -0.268. The minimum atomic E-state index is -0.578. The molecule has 2 aromatic rings. The number of piperidine rings is 1. The van der Waals surface area contributed by atoms with Gasteiger partial charge in [0.1, 0.15) is 5.60 Å². The molecule has 1 N–H and O–H groups in total. The average Bonchev–Trinajstić information content (AvgIpc) is 3.66. The average molecular weight is 559 g/mol. The summed E-state index contributed by atoms with van der Waals surface area (Å²) in [5, 5.41) is 5.26. The Morgan fingerprint density at radius 2 is 1.68 bits per heavy atom. The zero-order chi connectivity index (χ0) is 28.8. The number of nitrogens with zero attached hydrogens (tertiary/aromatic N) is 3. The van der Waals surface area contributed by atoms with Gasteiger partial charge in [0.25, 0.3) is 0 Å². The number of rotatable bonds is 9. The lowest BCUT2D eigenvalue weighted by atomic mass is 9.85. The van der Waals surface area contributed by atoms with Crippen LogP contribution in [-0.2, 0) is 15.2 Å². The Labute approximate surface area is 245 Å². The maximum Gasteiger partial charge on any atom is 0.318 e. The van der Waals surface area contributed by atoms with Crippen LogP contribution in [0.3, 0.4) is 0 Å². The topological polar surface area (TPSA) is 65.1 Å². The van der Waals surface area contributed by atoms with E-state index in [1.54, 1.807) is 6.08 Å². The molecule has 0 aromatic heterocycles. The Morgan fingerprint density at radius 3 is 2.32 bits per heavy atom. The van der Waals surface area contributed by atoms with Crippen molar-refractivity contribution in [3.05, 3.63) is 84.4 Å². The molecule has 0 radical (unpaired) electrons. The smallest absolute Gasteiger partial charge is 0.318 e. The highest BCUT2D eigenvalue weighted by molar-refractivity contribution is 5.79. The highest BCUT2D eigenvalue weighted by atomic mass is 16.7. The predicted octanol–water partition coefficient (Wildman–Crippen LogP) is 5.91. The normalized spacial score (nSPS) is 24.7. The molecule has 3 fully saturated rings. The van der Waals surface area contributed by atoms with E-state index in [2.05, 4.69) is 53.0 Å². The van der Waals surface area contributed by atoms with Crippen LogP contribution in [0.15, 0.2) is 73.3 Å². The van der Waals surface area contributed by atoms with Crippen molar-refractivity contribution in [2.75, 3.05) is 32.7 Å². The van der Waals surface area contributed by atoms with E-state index in [9.17, 15) is 9.59 Å². The highest BCUT2D eigenvalue weighted by Crippen LogP contribution is 2.43. The van der Waals surface area contributed by atoms with Gasteiger partial charge in [0.15, 0.2) is 0 Å². The summed E-state index contributed by atoms with van der Waals surface area (Å²) in [5.74, 6) is 0.622. The van der Waals surface area contributed by atoms with Gasteiger partial charge in [-0.05, 0) is 43.7 Å². The van der Waals surface area contributed by atoms with Crippen LogP contribution in [0.1, 0.15) is 69.5 Å². The number of carbonyl (C=O) groups is 2. The Hall–Kier alpha value is -3.16. The van der Waals surface area contributed by atoms with E-state index in [1.165, 1.54) is 0 Å². The van der Waals surface area contributed by atoms with Crippen molar-refractivity contribution in [1.29, 1.82) is 0 Å². The van der Waals surface area contributed by atoms with Gasteiger partial charge in [0.2, 0.25) is 5.91 Å². The van der Waals surface area contributed by atoms with Crippen molar-refractivity contribution in [1.82, 2.24) is 20.2 Å². The molecule has 3 aliphatic rings. The van der Waals surface area contributed by atoms with E-state index >= 15 is 0 Å². The van der Waals surface area contributed by atoms with Gasteiger partial charge in [-0.2, -0.15) is 5.06 Å². The number of hydrogen-bond donors (Lipinski definition) is 1. The number of benzene rings is 2. The van der Waals surface area contributed by atoms with Gasteiger partial charge in [-0.25, -0.2) is 4.79 Å². The summed E-state index contributed by atoms with van der Waals surface area (Å²) in [7, 11) is 0. The zero-order valence-electron chi connectivity index (χ0n) is 24.7. The van der Waals surface area contributed by atoms with Crippen LogP contribution in [0.25, 0.3) is 0 Å². The summed E-state index contributed by atoms with van der Waals surface area (Å²) in [4.78, 5) is 37.7. The third-order valence-corrected chi connectivity index (χ3v) is 9.38. The molecule has 1 saturated carbocycles. The fourth-order valence-electron chi connectivity index (χ4n) is 6.95. The molecule has 2 aromatic carbocycles. The Kier molecular flexibility index (Phi) is 9.46. The molecular formula is C34H46N4O3. The largest absolute Gasteiger partial charge is 0.339 e. The van der Waals surface area contributed by atoms with Crippen LogP contribution < -0.4 is 5.32 Å². The minimum absolute atomic E-state index is 0.0631. The fourth-order valence-corrected chi connectivity index (χ4v) is 6.95. The van der Waals surface area contributed by atoms with Crippen LogP contribution >= 0.6 is 0 Å². The van der Waals surface area contributed by atoms with Crippen molar-refractivity contribution in [2.24, 2.45) is 11.8 Å². The van der Waals surface area contributed by atoms with Crippen molar-refractivity contribution < 1.29 is 14.4 Å². The van der Waals surface area contributed by atoms with Crippen molar-refractivity contribution in [3.8, 4) is 0 Å². The lowest BCUT2D eigenvalue weighted by Crippen LogP contribution is -2.53. The second-order valence-corrected chi connectivity index (χ2v) is 12.1. The third kappa shape index (κ3) is 6.52. The number of carbonyl (C=O) groups excluding carboxylic acids is 2. The lowest BCUT2D eigenvalue weighted by Gasteiger charge is -2.43. The maximum absolute atomic E-state index is 13.4. The monoisotopic (exact) mass is 558 g/mol. The number of hydrogen-bond acceptors (Lipinski definition) is 4. The second-order valence-electron chi connectivity index (χ2n) is 12.1. The van der Waals surface area contributed by atoms with E-state index in [0.29, 0.717) is 25.5 Å². The van der Waals surface area contributed by atoms with Crippen LogP contribution in [0, 0.1) is 11.8 Å². The van der Waals surface area contributed by atoms with Crippen molar-refractivity contribution >= 4 is 11.9 Å². The van der Waals surface area contributed by atoms with Crippen LogP contribution in [-0.4, -0.2) is 65.6 Å². The van der Waals surface area contributed by atoms with E-state index in [0.717, 1.165) is 62.7 Å². The number of amides is 3. The van der Waals surface area contributed by atoms with Gasteiger partial charge in [0.05, 0.1) is 12.6 Å². The molecule has 7 nitrogen and oxygen atoms in total. The van der Waals surface area contributed by atoms with Gasteiger partial charge in [0, 0.05) is 44.1 Å². The first-order valence-corrected chi connectivity index (χ1v) is 15.4. The Morgan fingerprint density at radius 1 is 1.05 bits per heavy atom. The van der Waals surface area contributed by atoms with Crippen molar-refractivity contribution in [2.45, 2.75) is 70.1 Å². The second kappa shape index (κ2) is 13.2. The van der Waals surface area contributed by atoms with Gasteiger partial charge in [-0.3, -0.25) is 9.63 Å². The van der Waals surface area contributed by atoms with Gasteiger partial charge >= 0.3 is 6.03 Å². The zero-order valence-corrected chi connectivity index (χ0v) is 24.7. The molecule has 220 valence electrons. The van der Waals surface area contributed by atoms with E-state index in [4.69, 9.17) is 4.84 Å². The molecule has 0 unspecified atom stereocenters. The molecule has 1 aliphatic carbocycles. The molecule has 3 amide bonds. The number of urea groups is 1. The van der Waals surface area contributed by atoms with Crippen LogP contribution in [0.4, 0.5) is 4.79 Å². The molecule has 3 atom stereocenters. The van der Waals surface area contributed by atoms with Gasteiger partial charge in [-0.15, -0.1) is 6.58 Å². The first-order valence-electron chi connectivity index (χ1n) is 15.4. The van der Waals surface area contributed by atoms with E-state index in [1.807, 2.05) is 48.2 Å². The van der Waals surface area contributed by atoms with E-state index < -0.39 is 5.60 Å². The Balaban J connectivity index is 1.25.